The van der Waals surface area contributed by atoms with Crippen molar-refractivity contribution in [2.75, 3.05) is 26.2 Å². The minimum Gasteiger partial charge on any atom is -0.444 e. The number of ether oxygens (including phenoxy) is 1. The molecule has 1 unspecified atom stereocenters. The summed E-state index contributed by atoms with van der Waals surface area (Å²) >= 11 is 0. The summed E-state index contributed by atoms with van der Waals surface area (Å²) < 4.78 is 5.37. The van der Waals surface area contributed by atoms with Gasteiger partial charge in [0.25, 0.3) is 0 Å². The molecular formula is C12H22N2O2. The monoisotopic (exact) mass is 226 g/mol. The Morgan fingerprint density at radius 3 is 2.50 bits per heavy atom. The molecule has 1 atom stereocenters. The van der Waals surface area contributed by atoms with Crippen LogP contribution in [0.2, 0.25) is 0 Å². The highest BCUT2D eigenvalue weighted by Crippen LogP contribution is 2.27. The summed E-state index contributed by atoms with van der Waals surface area (Å²) in [7, 11) is 0. The topological polar surface area (TPSA) is 41.6 Å². The molecule has 4 heteroatoms. The molecule has 2 heterocycles. The molecule has 1 N–H and O–H groups in total. The van der Waals surface area contributed by atoms with Crippen molar-refractivity contribution in [3.8, 4) is 0 Å². The number of nitrogens with one attached hydrogen (secondary N) is 1. The average Bonchev–Trinajstić information content (AvgIpc) is 2.46. The summed E-state index contributed by atoms with van der Waals surface area (Å²) in [5, 5.41) is 3.29. The number of carbonyl (C=O) groups excluding carboxylic acids is 1. The second kappa shape index (κ2) is 4.24. The molecule has 16 heavy (non-hydrogen) atoms. The van der Waals surface area contributed by atoms with Gasteiger partial charge in [0.1, 0.15) is 5.60 Å². The van der Waals surface area contributed by atoms with Crippen LogP contribution in [-0.4, -0.2) is 42.8 Å². The SMILES string of the molecule is CC(C)(C)OC(=O)N1CCC(C2CNC2)C1. The molecule has 2 rings (SSSR count). The number of carbonyl (C=O) groups is 1. The lowest BCUT2D eigenvalue weighted by Crippen LogP contribution is -2.47. The first-order chi connectivity index (χ1) is 7.46. The van der Waals surface area contributed by atoms with Gasteiger partial charge in [-0.3, -0.25) is 0 Å². The van der Waals surface area contributed by atoms with E-state index >= 15 is 0 Å². The highest BCUT2D eigenvalue weighted by Gasteiger charge is 2.35. The van der Waals surface area contributed by atoms with E-state index in [1.165, 1.54) is 0 Å². The van der Waals surface area contributed by atoms with E-state index in [2.05, 4.69) is 5.32 Å². The lowest BCUT2D eigenvalue weighted by atomic mass is 9.87. The van der Waals surface area contributed by atoms with Crippen LogP contribution >= 0.6 is 0 Å². The van der Waals surface area contributed by atoms with Crippen molar-refractivity contribution in [1.29, 1.82) is 0 Å². The van der Waals surface area contributed by atoms with Crippen molar-refractivity contribution >= 4 is 6.09 Å². The molecule has 0 spiro atoms. The largest absolute Gasteiger partial charge is 0.444 e. The highest BCUT2D eigenvalue weighted by molar-refractivity contribution is 5.68. The van der Waals surface area contributed by atoms with Crippen molar-refractivity contribution in [3.63, 3.8) is 0 Å². The van der Waals surface area contributed by atoms with Crippen LogP contribution in [0, 0.1) is 11.8 Å². The summed E-state index contributed by atoms with van der Waals surface area (Å²) in [6.07, 6.45) is 0.980. The standard InChI is InChI=1S/C12H22N2O2/c1-12(2,3)16-11(15)14-5-4-9(8-14)10-6-13-7-10/h9-10,13H,4-8H2,1-3H3. The van der Waals surface area contributed by atoms with E-state index in [1.807, 2.05) is 25.7 Å². The molecule has 92 valence electrons. The molecule has 2 aliphatic heterocycles. The van der Waals surface area contributed by atoms with E-state index in [4.69, 9.17) is 4.74 Å². The summed E-state index contributed by atoms with van der Waals surface area (Å²) in [4.78, 5) is 13.7. The van der Waals surface area contributed by atoms with Crippen molar-refractivity contribution in [2.24, 2.45) is 11.8 Å². The second-order valence-electron chi connectivity index (χ2n) is 5.89. The fourth-order valence-electron chi connectivity index (χ4n) is 2.31. The third-order valence-corrected chi connectivity index (χ3v) is 3.36. The van der Waals surface area contributed by atoms with Gasteiger partial charge in [-0.1, -0.05) is 0 Å². The molecule has 2 saturated heterocycles. The first-order valence-electron chi connectivity index (χ1n) is 6.14. The first-order valence-corrected chi connectivity index (χ1v) is 6.14. The molecule has 0 saturated carbocycles. The number of likely N-dealkylation sites (tertiary alicyclic amines) is 1. The fourth-order valence-corrected chi connectivity index (χ4v) is 2.31. The molecule has 0 aromatic carbocycles. The quantitative estimate of drug-likeness (QED) is 0.736. The number of hydrogen-bond donors (Lipinski definition) is 1. The summed E-state index contributed by atoms with van der Waals surface area (Å²) in [5.74, 6) is 1.45. The zero-order valence-electron chi connectivity index (χ0n) is 10.5. The van der Waals surface area contributed by atoms with Gasteiger partial charge in [0.15, 0.2) is 0 Å². The molecule has 0 radical (unpaired) electrons. The van der Waals surface area contributed by atoms with Crippen molar-refractivity contribution in [1.82, 2.24) is 10.2 Å². The predicted molar refractivity (Wildman–Crippen MR) is 62.3 cm³/mol. The summed E-state index contributed by atoms with van der Waals surface area (Å²) in [5.41, 5.74) is -0.382. The molecule has 4 nitrogen and oxygen atoms in total. The fraction of sp³-hybridized carbons (Fsp3) is 0.917. The molecular weight excluding hydrogens is 204 g/mol. The van der Waals surface area contributed by atoms with Crippen LogP contribution in [0.1, 0.15) is 27.2 Å². The van der Waals surface area contributed by atoms with Gasteiger partial charge in [0.05, 0.1) is 0 Å². The van der Waals surface area contributed by atoms with Crippen LogP contribution in [0.5, 0.6) is 0 Å². The molecule has 0 aromatic rings. The average molecular weight is 226 g/mol. The van der Waals surface area contributed by atoms with Gasteiger partial charge in [-0.05, 0) is 52.1 Å². The lowest BCUT2D eigenvalue weighted by molar-refractivity contribution is 0.0280. The molecule has 0 aromatic heterocycles. The number of rotatable bonds is 1. The Labute approximate surface area is 97.3 Å². The number of amides is 1. The maximum atomic E-state index is 11.8. The van der Waals surface area contributed by atoms with Crippen molar-refractivity contribution in [2.45, 2.75) is 32.8 Å². The van der Waals surface area contributed by atoms with Crippen LogP contribution in [0.3, 0.4) is 0 Å². The van der Waals surface area contributed by atoms with Gasteiger partial charge in [-0.15, -0.1) is 0 Å². The van der Waals surface area contributed by atoms with Crippen LogP contribution < -0.4 is 5.32 Å². The maximum absolute atomic E-state index is 11.8. The van der Waals surface area contributed by atoms with E-state index in [-0.39, 0.29) is 11.7 Å². The normalized spacial score (nSPS) is 26.7. The minimum absolute atomic E-state index is 0.151. The van der Waals surface area contributed by atoms with Crippen molar-refractivity contribution in [3.05, 3.63) is 0 Å². The summed E-state index contributed by atoms with van der Waals surface area (Å²) in [6, 6.07) is 0. The van der Waals surface area contributed by atoms with Crippen LogP contribution in [0.4, 0.5) is 4.79 Å². The molecule has 0 bridgehead atoms. The van der Waals surface area contributed by atoms with Gasteiger partial charge in [0, 0.05) is 13.1 Å². The van der Waals surface area contributed by atoms with Crippen LogP contribution in [0.15, 0.2) is 0 Å². The van der Waals surface area contributed by atoms with Gasteiger partial charge < -0.3 is 15.0 Å². The Bertz CT molecular complexity index is 269. The van der Waals surface area contributed by atoms with Crippen molar-refractivity contribution < 1.29 is 9.53 Å². The Hall–Kier alpha value is -0.770. The predicted octanol–water partition coefficient (Wildman–Crippen LogP) is 1.46. The zero-order chi connectivity index (χ0) is 11.8. The molecule has 2 aliphatic rings. The smallest absolute Gasteiger partial charge is 0.410 e. The van der Waals surface area contributed by atoms with E-state index in [0.29, 0.717) is 5.92 Å². The van der Waals surface area contributed by atoms with E-state index in [0.717, 1.165) is 38.5 Å². The van der Waals surface area contributed by atoms with Crippen LogP contribution in [0.25, 0.3) is 0 Å². The second-order valence-corrected chi connectivity index (χ2v) is 5.89. The Morgan fingerprint density at radius 2 is 2.00 bits per heavy atom. The highest BCUT2D eigenvalue weighted by atomic mass is 16.6. The third kappa shape index (κ3) is 2.67. The van der Waals surface area contributed by atoms with Gasteiger partial charge >= 0.3 is 6.09 Å². The van der Waals surface area contributed by atoms with E-state index in [1.54, 1.807) is 0 Å². The zero-order valence-corrected chi connectivity index (χ0v) is 10.5. The lowest BCUT2D eigenvalue weighted by Gasteiger charge is -2.32. The van der Waals surface area contributed by atoms with Gasteiger partial charge in [0.2, 0.25) is 0 Å². The number of nitrogens with zero attached hydrogens (tertiary/aromatic N) is 1. The third-order valence-electron chi connectivity index (χ3n) is 3.36. The molecule has 2 fully saturated rings. The van der Waals surface area contributed by atoms with E-state index in [9.17, 15) is 4.79 Å². The van der Waals surface area contributed by atoms with E-state index < -0.39 is 0 Å². The maximum Gasteiger partial charge on any atom is 0.410 e. The Balaban J connectivity index is 1.81. The minimum atomic E-state index is -0.382. The van der Waals surface area contributed by atoms with Gasteiger partial charge in [-0.25, -0.2) is 4.79 Å². The van der Waals surface area contributed by atoms with Gasteiger partial charge in [-0.2, -0.15) is 0 Å². The van der Waals surface area contributed by atoms with Crippen LogP contribution in [-0.2, 0) is 4.74 Å². The first kappa shape index (κ1) is 11.7. The Kier molecular flexibility index (Phi) is 3.10. The summed E-state index contributed by atoms with van der Waals surface area (Å²) in [6.45, 7) is 9.70. The molecule has 0 aliphatic carbocycles. The number of hydrogen-bond acceptors (Lipinski definition) is 3. The molecule has 1 amide bonds. The Morgan fingerprint density at radius 1 is 1.31 bits per heavy atom.